The number of rotatable bonds is 12. The maximum atomic E-state index is 5.00. The third-order valence-electron chi connectivity index (χ3n) is 4.06. The van der Waals surface area contributed by atoms with Crippen LogP contribution in [0.4, 0.5) is 0 Å². The normalized spacial score (nSPS) is 14.9. The maximum absolute atomic E-state index is 5.00. The van der Waals surface area contributed by atoms with E-state index in [1.807, 2.05) is 20.1 Å². The Morgan fingerprint density at radius 2 is 1.76 bits per heavy atom. The second-order valence-corrected chi connectivity index (χ2v) is 6.76. The van der Waals surface area contributed by atoms with E-state index in [-0.39, 0.29) is 0 Å². The van der Waals surface area contributed by atoms with E-state index in [0.29, 0.717) is 5.92 Å². The Balaban J connectivity index is 5.48. The first-order chi connectivity index (χ1) is 11.9. The van der Waals surface area contributed by atoms with Crippen molar-refractivity contribution >= 4 is 11.9 Å². The van der Waals surface area contributed by atoms with Crippen molar-refractivity contribution < 1.29 is 0 Å². The van der Waals surface area contributed by atoms with Crippen LogP contribution in [0, 0.1) is 5.92 Å². The van der Waals surface area contributed by atoms with Crippen LogP contribution in [-0.2, 0) is 0 Å². The van der Waals surface area contributed by atoms with Crippen molar-refractivity contribution in [1.29, 1.82) is 0 Å². The van der Waals surface area contributed by atoms with E-state index in [4.69, 9.17) is 4.99 Å². The molecule has 0 aliphatic rings. The third kappa shape index (κ3) is 10.0. The van der Waals surface area contributed by atoms with Gasteiger partial charge in [-0.3, -0.25) is 9.98 Å². The predicted octanol–water partition coefficient (Wildman–Crippen LogP) is 7.45. The molecule has 0 aliphatic heterocycles. The van der Waals surface area contributed by atoms with Crippen LogP contribution in [0.3, 0.4) is 0 Å². The Kier molecular flexibility index (Phi) is 12.7. The zero-order valence-corrected chi connectivity index (χ0v) is 17.4. The number of nitrogens with zero attached hydrogens (tertiary/aromatic N) is 2. The largest absolute Gasteiger partial charge is 0.262 e. The van der Waals surface area contributed by atoms with Crippen LogP contribution in [0.15, 0.2) is 57.8 Å². The minimum absolute atomic E-state index is 0.422. The number of hydrogen-bond donors (Lipinski definition) is 0. The molecule has 0 aliphatic carbocycles. The molecule has 0 aromatic rings. The first-order valence-electron chi connectivity index (χ1n) is 9.68. The summed E-state index contributed by atoms with van der Waals surface area (Å²) >= 11 is 0. The lowest BCUT2D eigenvalue weighted by atomic mass is 9.93. The molecule has 0 radical (unpaired) electrons. The molecule has 0 amide bonds. The van der Waals surface area contributed by atoms with Crippen LogP contribution in [0.25, 0.3) is 0 Å². The van der Waals surface area contributed by atoms with E-state index in [1.165, 1.54) is 25.7 Å². The molecule has 0 aromatic heterocycles. The monoisotopic (exact) mass is 342 g/mol. The van der Waals surface area contributed by atoms with Crippen molar-refractivity contribution in [3.8, 4) is 0 Å². The predicted molar refractivity (Wildman–Crippen MR) is 116 cm³/mol. The molecule has 0 saturated heterocycles. The van der Waals surface area contributed by atoms with Gasteiger partial charge in [0.25, 0.3) is 0 Å². The van der Waals surface area contributed by atoms with Crippen LogP contribution < -0.4 is 0 Å². The van der Waals surface area contributed by atoms with Crippen molar-refractivity contribution in [2.75, 3.05) is 0 Å². The minimum Gasteiger partial charge on any atom is -0.262 e. The molecule has 2 nitrogen and oxygen atoms in total. The van der Waals surface area contributed by atoms with Crippen molar-refractivity contribution in [3.63, 3.8) is 0 Å². The molecule has 0 fully saturated rings. The zero-order chi connectivity index (χ0) is 19.2. The van der Waals surface area contributed by atoms with Crippen molar-refractivity contribution in [2.24, 2.45) is 15.9 Å². The van der Waals surface area contributed by atoms with E-state index < -0.39 is 0 Å². The second kappa shape index (κ2) is 13.6. The third-order valence-corrected chi connectivity index (χ3v) is 4.06. The van der Waals surface area contributed by atoms with Crippen molar-refractivity contribution in [2.45, 2.75) is 80.1 Å². The molecule has 0 aromatic carbocycles. The van der Waals surface area contributed by atoms with Crippen LogP contribution >= 0.6 is 0 Å². The highest BCUT2D eigenvalue weighted by Crippen LogP contribution is 2.20. The van der Waals surface area contributed by atoms with E-state index in [2.05, 4.69) is 58.0 Å². The van der Waals surface area contributed by atoms with Gasteiger partial charge in [-0.05, 0) is 45.1 Å². The molecular formula is C23H38N2. The number of unbranched alkanes of at least 4 members (excludes halogenated alkanes) is 3. The smallest absolute Gasteiger partial charge is 0.0677 e. The lowest BCUT2D eigenvalue weighted by Crippen LogP contribution is -2.13. The minimum atomic E-state index is 0.422. The average Bonchev–Trinajstić information content (AvgIpc) is 2.55. The molecule has 2 heteroatoms. The molecule has 0 saturated carbocycles. The Morgan fingerprint density at radius 3 is 2.24 bits per heavy atom. The van der Waals surface area contributed by atoms with Gasteiger partial charge in [-0.25, -0.2) is 0 Å². The van der Waals surface area contributed by atoms with E-state index in [9.17, 15) is 0 Å². The molecule has 1 atom stereocenters. The lowest BCUT2D eigenvalue weighted by Gasteiger charge is -2.16. The highest BCUT2D eigenvalue weighted by Gasteiger charge is 2.13. The molecule has 0 rings (SSSR count). The summed E-state index contributed by atoms with van der Waals surface area (Å²) in [5, 5.41) is 0. The topological polar surface area (TPSA) is 24.7 Å². The van der Waals surface area contributed by atoms with Crippen molar-refractivity contribution in [3.05, 3.63) is 47.9 Å². The Bertz CT molecular complexity index is 544. The Morgan fingerprint density at radius 1 is 1.08 bits per heavy atom. The first-order valence-corrected chi connectivity index (χ1v) is 9.68. The van der Waals surface area contributed by atoms with E-state index in [1.54, 1.807) is 0 Å². The summed E-state index contributed by atoms with van der Waals surface area (Å²) in [6.45, 7) is 20.6. The van der Waals surface area contributed by atoms with Gasteiger partial charge in [-0.1, -0.05) is 71.8 Å². The Labute approximate surface area is 156 Å². The van der Waals surface area contributed by atoms with Gasteiger partial charge in [0.15, 0.2) is 0 Å². The van der Waals surface area contributed by atoms with Gasteiger partial charge in [-0.2, -0.15) is 0 Å². The number of allylic oxidation sites excluding steroid dienone is 5. The van der Waals surface area contributed by atoms with Gasteiger partial charge in [0.2, 0.25) is 0 Å². The molecule has 1 unspecified atom stereocenters. The fourth-order valence-corrected chi connectivity index (χ4v) is 2.66. The van der Waals surface area contributed by atoms with E-state index in [0.717, 1.165) is 41.1 Å². The summed E-state index contributed by atoms with van der Waals surface area (Å²) < 4.78 is 0. The maximum Gasteiger partial charge on any atom is 0.0677 e. The standard InChI is InChI=1S/C23H38N2/c1-9-12-13-14-16-20(8)23(18(4)5)25-22(15-10-2)21(11-3)17-24-19(6)7/h11,15,17,20H,4,6,9-10,12-14,16H2,1-3,5,7-8H3/b21-11+,22-15-,24-17?,25-23?. The van der Waals surface area contributed by atoms with Gasteiger partial charge < -0.3 is 0 Å². The first kappa shape index (κ1) is 23.3. The number of aliphatic imine (C=N–C) groups is 2. The SMILES string of the molecule is C=C(C)N=CC(=C\C)/C(=C/CC)N=C(C(=C)C)C(C)CCCCCC. The number of hydrogen-bond acceptors (Lipinski definition) is 2. The molecule has 0 bridgehead atoms. The average molecular weight is 343 g/mol. The van der Waals surface area contributed by atoms with Crippen LogP contribution in [0.5, 0.6) is 0 Å². The van der Waals surface area contributed by atoms with Crippen LogP contribution in [0.1, 0.15) is 80.1 Å². The van der Waals surface area contributed by atoms with Crippen LogP contribution in [0.2, 0.25) is 0 Å². The van der Waals surface area contributed by atoms with Gasteiger partial charge in [-0.15, -0.1) is 0 Å². The van der Waals surface area contributed by atoms with Gasteiger partial charge in [0, 0.05) is 23.2 Å². The summed E-state index contributed by atoms with van der Waals surface area (Å²) in [5.41, 5.74) is 4.97. The molecule has 0 N–H and O–H groups in total. The Hall–Kier alpha value is -1.70. The molecule has 0 heterocycles. The summed E-state index contributed by atoms with van der Waals surface area (Å²) in [5.74, 6) is 0.422. The molecule has 0 spiro atoms. The zero-order valence-electron chi connectivity index (χ0n) is 17.4. The quantitative estimate of drug-likeness (QED) is 0.200. The van der Waals surface area contributed by atoms with Gasteiger partial charge in [0.1, 0.15) is 0 Å². The van der Waals surface area contributed by atoms with Gasteiger partial charge >= 0.3 is 0 Å². The summed E-state index contributed by atoms with van der Waals surface area (Å²) in [7, 11) is 0. The molecular weight excluding hydrogens is 304 g/mol. The summed E-state index contributed by atoms with van der Waals surface area (Å²) in [4.78, 5) is 9.35. The van der Waals surface area contributed by atoms with Crippen molar-refractivity contribution in [1.82, 2.24) is 0 Å². The highest BCUT2D eigenvalue weighted by atomic mass is 14.8. The molecule has 25 heavy (non-hydrogen) atoms. The summed E-state index contributed by atoms with van der Waals surface area (Å²) in [6, 6.07) is 0. The van der Waals surface area contributed by atoms with Crippen LogP contribution in [-0.4, -0.2) is 11.9 Å². The van der Waals surface area contributed by atoms with E-state index >= 15 is 0 Å². The molecule has 140 valence electrons. The second-order valence-electron chi connectivity index (χ2n) is 6.76. The highest BCUT2D eigenvalue weighted by molar-refractivity contribution is 6.02. The lowest BCUT2D eigenvalue weighted by molar-refractivity contribution is 0.579. The fraction of sp³-hybridized carbons (Fsp3) is 0.565. The summed E-state index contributed by atoms with van der Waals surface area (Å²) in [6.07, 6.45) is 13.3. The fourth-order valence-electron chi connectivity index (χ4n) is 2.66. The van der Waals surface area contributed by atoms with Gasteiger partial charge in [0.05, 0.1) is 5.70 Å².